The smallest absolute Gasteiger partial charge is 0.163 e. The first kappa shape index (κ1) is 17.7. The number of benzene rings is 1. The van der Waals surface area contributed by atoms with Crippen molar-refractivity contribution in [1.29, 1.82) is 0 Å². The largest absolute Gasteiger partial charge is 0.294 e. The van der Waals surface area contributed by atoms with Crippen LogP contribution in [0.3, 0.4) is 0 Å². The summed E-state index contributed by atoms with van der Waals surface area (Å²) < 4.78 is 0. The average molecular weight is 310 g/mol. The zero-order valence-corrected chi connectivity index (χ0v) is 14.3. The molecule has 1 fully saturated rings. The number of rotatable bonds is 9. The number of carbonyl (C=O) groups excluding carboxylic acids is 1. The number of carbonyl (C=O) groups is 1. The molecular formula is C22H30O. The minimum atomic E-state index is 0.224. The fourth-order valence-corrected chi connectivity index (χ4v) is 3.65. The van der Waals surface area contributed by atoms with E-state index in [1.54, 1.807) is 6.08 Å². The van der Waals surface area contributed by atoms with Crippen LogP contribution in [0.2, 0.25) is 0 Å². The Morgan fingerprint density at radius 3 is 2.26 bits per heavy atom. The van der Waals surface area contributed by atoms with E-state index in [4.69, 9.17) is 0 Å². The zero-order chi connectivity index (χ0) is 16.5. The maximum atomic E-state index is 12.0. The number of hydrogen-bond donors (Lipinski definition) is 0. The van der Waals surface area contributed by atoms with E-state index < -0.39 is 0 Å². The number of allylic oxidation sites excluding steroid dienone is 2. The quantitative estimate of drug-likeness (QED) is 0.290. The van der Waals surface area contributed by atoms with Gasteiger partial charge in [-0.2, -0.15) is 0 Å². The lowest BCUT2D eigenvalue weighted by molar-refractivity contribution is 0.0983. The van der Waals surface area contributed by atoms with Crippen LogP contribution < -0.4 is 0 Å². The second-order valence-corrected chi connectivity index (χ2v) is 6.81. The third-order valence-electron chi connectivity index (χ3n) is 5.15. The molecule has 1 heteroatoms. The van der Waals surface area contributed by atoms with Crippen molar-refractivity contribution in [3.63, 3.8) is 0 Å². The molecule has 0 N–H and O–H groups in total. The van der Waals surface area contributed by atoms with Gasteiger partial charge in [0.2, 0.25) is 0 Å². The molecule has 0 amide bonds. The highest BCUT2D eigenvalue weighted by Gasteiger charge is 2.22. The van der Waals surface area contributed by atoms with Crippen LogP contribution in [0.1, 0.15) is 79.6 Å². The molecule has 1 aliphatic rings. The first-order valence-electron chi connectivity index (χ1n) is 9.09. The Labute approximate surface area is 141 Å². The Kier molecular flexibility index (Phi) is 7.32. The number of hydrogen-bond acceptors (Lipinski definition) is 1. The van der Waals surface area contributed by atoms with Gasteiger partial charge in [-0.25, -0.2) is 0 Å². The molecule has 0 atom stereocenters. The lowest BCUT2D eigenvalue weighted by Gasteiger charge is -2.29. The summed E-state index contributed by atoms with van der Waals surface area (Å²) in [5.41, 5.74) is 2.25. The summed E-state index contributed by atoms with van der Waals surface area (Å²) in [5, 5.41) is 0. The number of Topliss-reactive ketones (excluding diaryl/α,β-unsaturated/α-hetero) is 1. The minimum Gasteiger partial charge on any atom is -0.294 e. The molecule has 0 bridgehead atoms. The molecule has 1 aromatic rings. The normalized spacial score (nSPS) is 20.9. The summed E-state index contributed by atoms with van der Waals surface area (Å²) in [5.74, 6) is 1.82. The highest BCUT2D eigenvalue weighted by molar-refractivity contribution is 5.96. The van der Waals surface area contributed by atoms with Gasteiger partial charge in [-0.1, -0.05) is 42.8 Å². The molecule has 1 nitrogen and oxygen atoms in total. The average Bonchev–Trinajstić information content (AvgIpc) is 2.61. The second kappa shape index (κ2) is 9.50. The summed E-state index contributed by atoms with van der Waals surface area (Å²) in [6.07, 6.45) is 14.3. The molecule has 0 unspecified atom stereocenters. The lowest BCUT2D eigenvalue weighted by Crippen LogP contribution is -2.13. The first-order valence-corrected chi connectivity index (χ1v) is 9.09. The van der Waals surface area contributed by atoms with Crippen molar-refractivity contribution in [3.8, 4) is 0 Å². The predicted molar refractivity (Wildman–Crippen MR) is 99.0 cm³/mol. The highest BCUT2D eigenvalue weighted by Crippen LogP contribution is 2.37. The van der Waals surface area contributed by atoms with Crippen molar-refractivity contribution in [3.05, 3.63) is 60.7 Å². The molecule has 0 aromatic heterocycles. The van der Waals surface area contributed by atoms with Crippen LogP contribution in [-0.4, -0.2) is 5.78 Å². The van der Waals surface area contributed by atoms with Gasteiger partial charge >= 0.3 is 0 Å². The van der Waals surface area contributed by atoms with Crippen LogP contribution in [0, 0.1) is 5.92 Å². The topological polar surface area (TPSA) is 17.1 Å². The van der Waals surface area contributed by atoms with Gasteiger partial charge in [0.1, 0.15) is 0 Å². The van der Waals surface area contributed by atoms with Gasteiger partial charge in [-0.15, -0.1) is 13.2 Å². The Bertz CT molecular complexity index is 503. The molecule has 1 saturated carbocycles. The Balaban J connectivity index is 1.83. The van der Waals surface area contributed by atoms with Crippen LogP contribution in [0.5, 0.6) is 0 Å². The van der Waals surface area contributed by atoms with E-state index in [1.165, 1.54) is 44.1 Å². The molecule has 0 radical (unpaired) electrons. The third-order valence-corrected chi connectivity index (χ3v) is 5.15. The van der Waals surface area contributed by atoms with Crippen LogP contribution in [0.25, 0.3) is 0 Å². The van der Waals surface area contributed by atoms with Gasteiger partial charge in [-0.05, 0) is 62.3 Å². The van der Waals surface area contributed by atoms with Gasteiger partial charge in [-0.3, -0.25) is 4.79 Å². The van der Waals surface area contributed by atoms with E-state index in [2.05, 4.69) is 25.3 Å². The molecule has 0 aliphatic heterocycles. The summed E-state index contributed by atoms with van der Waals surface area (Å²) in [6, 6.07) is 8.36. The van der Waals surface area contributed by atoms with Crippen molar-refractivity contribution in [2.45, 2.75) is 63.7 Å². The molecule has 124 valence electrons. The SMILES string of the molecule is C=CCCC[C@H]1CC[C@H](c2ccc(C(=O)CCC=C)cc2)CC1. The molecule has 0 saturated heterocycles. The summed E-state index contributed by atoms with van der Waals surface area (Å²) in [6.45, 7) is 7.48. The van der Waals surface area contributed by atoms with E-state index in [9.17, 15) is 4.79 Å². The van der Waals surface area contributed by atoms with E-state index in [0.717, 1.165) is 24.3 Å². The van der Waals surface area contributed by atoms with E-state index >= 15 is 0 Å². The van der Waals surface area contributed by atoms with Crippen LogP contribution in [0.15, 0.2) is 49.6 Å². The van der Waals surface area contributed by atoms with Gasteiger partial charge in [0.05, 0.1) is 0 Å². The molecule has 1 aliphatic carbocycles. The van der Waals surface area contributed by atoms with Crippen LogP contribution in [0.4, 0.5) is 0 Å². The third kappa shape index (κ3) is 5.49. The van der Waals surface area contributed by atoms with E-state index in [1.807, 2.05) is 18.2 Å². The molecular weight excluding hydrogens is 280 g/mol. The van der Waals surface area contributed by atoms with Crippen molar-refractivity contribution >= 4 is 5.78 Å². The Morgan fingerprint density at radius 2 is 1.65 bits per heavy atom. The van der Waals surface area contributed by atoms with Crippen molar-refractivity contribution in [2.75, 3.05) is 0 Å². The monoisotopic (exact) mass is 310 g/mol. The molecule has 0 spiro atoms. The molecule has 23 heavy (non-hydrogen) atoms. The van der Waals surface area contributed by atoms with Crippen molar-refractivity contribution < 1.29 is 4.79 Å². The number of unbranched alkanes of at least 4 members (excludes halogenated alkanes) is 1. The molecule has 1 aromatic carbocycles. The lowest BCUT2D eigenvalue weighted by atomic mass is 9.77. The fourth-order valence-electron chi connectivity index (χ4n) is 3.65. The van der Waals surface area contributed by atoms with Crippen LogP contribution >= 0.6 is 0 Å². The van der Waals surface area contributed by atoms with Gasteiger partial charge < -0.3 is 0 Å². The summed E-state index contributed by atoms with van der Waals surface area (Å²) >= 11 is 0. The minimum absolute atomic E-state index is 0.224. The van der Waals surface area contributed by atoms with Gasteiger partial charge in [0.15, 0.2) is 5.78 Å². The molecule has 2 rings (SSSR count). The van der Waals surface area contributed by atoms with Crippen molar-refractivity contribution in [2.24, 2.45) is 5.92 Å². The summed E-state index contributed by atoms with van der Waals surface area (Å²) in [7, 11) is 0. The maximum Gasteiger partial charge on any atom is 0.163 e. The molecule has 0 heterocycles. The summed E-state index contributed by atoms with van der Waals surface area (Å²) in [4.78, 5) is 12.0. The van der Waals surface area contributed by atoms with E-state index in [-0.39, 0.29) is 5.78 Å². The Morgan fingerprint density at radius 1 is 1.00 bits per heavy atom. The van der Waals surface area contributed by atoms with Gasteiger partial charge in [0.25, 0.3) is 0 Å². The fraction of sp³-hybridized carbons (Fsp3) is 0.500. The van der Waals surface area contributed by atoms with Crippen LogP contribution in [-0.2, 0) is 0 Å². The first-order chi connectivity index (χ1) is 11.2. The maximum absolute atomic E-state index is 12.0. The second-order valence-electron chi connectivity index (χ2n) is 6.81. The number of ketones is 1. The highest BCUT2D eigenvalue weighted by atomic mass is 16.1. The zero-order valence-electron chi connectivity index (χ0n) is 14.3. The van der Waals surface area contributed by atoms with E-state index in [0.29, 0.717) is 12.3 Å². The standard InChI is InChI=1S/C22H30O/c1-3-5-7-8-18-10-12-19(13-11-18)20-14-16-21(17-15-20)22(23)9-6-4-2/h3-4,14-19H,1-2,5-13H2/t18-,19-. The Hall–Kier alpha value is -1.63. The van der Waals surface area contributed by atoms with Crippen molar-refractivity contribution in [1.82, 2.24) is 0 Å². The van der Waals surface area contributed by atoms with Gasteiger partial charge in [0, 0.05) is 12.0 Å². The predicted octanol–water partition coefficient (Wildman–Crippen LogP) is 6.47.